The van der Waals surface area contributed by atoms with Gasteiger partial charge in [0.2, 0.25) is 0 Å². The first kappa shape index (κ1) is 18.3. The van der Waals surface area contributed by atoms with Crippen molar-refractivity contribution < 1.29 is 4.79 Å². The van der Waals surface area contributed by atoms with Gasteiger partial charge in [0.1, 0.15) is 11.5 Å². The fraction of sp³-hybridized carbons (Fsp3) is 0.381. The molecule has 7 nitrogen and oxygen atoms in total. The van der Waals surface area contributed by atoms with Gasteiger partial charge in [0.15, 0.2) is 0 Å². The van der Waals surface area contributed by atoms with Gasteiger partial charge in [-0.2, -0.15) is 0 Å². The smallest absolute Gasteiger partial charge is 0.274 e. The molecule has 0 radical (unpaired) electrons. The zero-order chi connectivity index (χ0) is 19.5. The molecular weight excluding hydrogens is 352 g/mol. The minimum atomic E-state index is -0.0352. The first-order chi connectivity index (χ1) is 13.6. The molecule has 1 saturated heterocycles. The molecule has 4 rings (SSSR count). The van der Waals surface area contributed by atoms with Crippen LogP contribution in [-0.4, -0.2) is 48.4 Å². The molecule has 0 bridgehead atoms. The lowest BCUT2D eigenvalue weighted by molar-refractivity contribution is 0.0656. The van der Waals surface area contributed by atoms with E-state index in [1.807, 2.05) is 36.4 Å². The Morgan fingerprint density at radius 2 is 2.04 bits per heavy atom. The Hall–Kier alpha value is -3.09. The zero-order valence-electron chi connectivity index (χ0n) is 16.2. The number of likely N-dealkylation sites (tertiary alicyclic amines) is 1. The zero-order valence-corrected chi connectivity index (χ0v) is 16.2. The van der Waals surface area contributed by atoms with Crippen LogP contribution >= 0.6 is 0 Å². The van der Waals surface area contributed by atoms with E-state index in [1.54, 1.807) is 18.6 Å². The predicted octanol–water partition coefficient (Wildman–Crippen LogP) is 2.90. The lowest BCUT2D eigenvalue weighted by Crippen LogP contribution is -2.41. The average molecular weight is 376 g/mol. The van der Waals surface area contributed by atoms with Crippen molar-refractivity contribution in [3.05, 3.63) is 60.2 Å². The van der Waals surface area contributed by atoms with Crippen molar-refractivity contribution in [2.24, 2.45) is 5.92 Å². The molecule has 1 unspecified atom stereocenters. The van der Waals surface area contributed by atoms with Crippen molar-refractivity contribution in [2.45, 2.75) is 33.2 Å². The summed E-state index contributed by atoms with van der Waals surface area (Å²) in [7, 11) is 0. The molecule has 1 amide bonds. The minimum absolute atomic E-state index is 0.0352. The molecule has 0 N–H and O–H groups in total. The standard InChI is InChI=1S/C21H24N6O/c1-15-9-24-19(12-23-15)21(28)26-8-4-5-17(13-26)14-27-16(2)10-25-20(27)18-6-3-7-22-11-18/h3,6-7,9-12,17H,4-5,8,13-14H2,1-2H3. The highest BCUT2D eigenvalue weighted by molar-refractivity contribution is 5.92. The number of pyridine rings is 1. The van der Waals surface area contributed by atoms with Gasteiger partial charge in [0.25, 0.3) is 5.91 Å². The van der Waals surface area contributed by atoms with Gasteiger partial charge in [-0.05, 0) is 44.7 Å². The van der Waals surface area contributed by atoms with Gasteiger partial charge in [-0.3, -0.25) is 14.8 Å². The number of piperidine rings is 1. The number of amides is 1. The van der Waals surface area contributed by atoms with E-state index in [4.69, 9.17) is 0 Å². The minimum Gasteiger partial charge on any atom is -0.337 e. The summed E-state index contributed by atoms with van der Waals surface area (Å²) in [4.78, 5) is 32.0. The van der Waals surface area contributed by atoms with Gasteiger partial charge in [-0.15, -0.1) is 0 Å². The maximum Gasteiger partial charge on any atom is 0.274 e. The van der Waals surface area contributed by atoms with Gasteiger partial charge < -0.3 is 9.47 Å². The number of imidazole rings is 1. The van der Waals surface area contributed by atoms with Gasteiger partial charge in [0.05, 0.1) is 11.9 Å². The summed E-state index contributed by atoms with van der Waals surface area (Å²) in [6.45, 7) is 6.26. The van der Waals surface area contributed by atoms with Crippen LogP contribution in [0.2, 0.25) is 0 Å². The molecule has 0 aliphatic carbocycles. The number of aromatic nitrogens is 5. The molecule has 1 atom stereocenters. The average Bonchev–Trinajstić information content (AvgIpc) is 3.09. The summed E-state index contributed by atoms with van der Waals surface area (Å²) in [5, 5.41) is 0. The largest absolute Gasteiger partial charge is 0.337 e. The number of nitrogens with zero attached hydrogens (tertiary/aromatic N) is 6. The van der Waals surface area contributed by atoms with E-state index >= 15 is 0 Å². The van der Waals surface area contributed by atoms with Gasteiger partial charge in [-0.1, -0.05) is 0 Å². The van der Waals surface area contributed by atoms with Crippen LogP contribution in [0.3, 0.4) is 0 Å². The second-order valence-corrected chi connectivity index (χ2v) is 7.38. The number of hydrogen-bond acceptors (Lipinski definition) is 5. The second kappa shape index (κ2) is 7.88. The highest BCUT2D eigenvalue weighted by Crippen LogP contribution is 2.24. The molecule has 1 aliphatic rings. The lowest BCUT2D eigenvalue weighted by Gasteiger charge is -2.33. The molecule has 7 heteroatoms. The van der Waals surface area contributed by atoms with E-state index < -0.39 is 0 Å². The Morgan fingerprint density at radius 3 is 2.79 bits per heavy atom. The van der Waals surface area contributed by atoms with Crippen LogP contribution in [0.4, 0.5) is 0 Å². The number of carbonyl (C=O) groups is 1. The van der Waals surface area contributed by atoms with Crippen molar-refractivity contribution in [3.63, 3.8) is 0 Å². The van der Waals surface area contributed by atoms with E-state index in [-0.39, 0.29) is 5.91 Å². The normalized spacial score (nSPS) is 16.9. The van der Waals surface area contributed by atoms with Crippen molar-refractivity contribution >= 4 is 5.91 Å². The Bertz CT molecular complexity index is 951. The Kier molecular flexibility index (Phi) is 5.14. The van der Waals surface area contributed by atoms with E-state index in [1.165, 1.54) is 0 Å². The molecule has 1 fully saturated rings. The van der Waals surface area contributed by atoms with Crippen LogP contribution < -0.4 is 0 Å². The molecule has 28 heavy (non-hydrogen) atoms. The summed E-state index contributed by atoms with van der Waals surface area (Å²) >= 11 is 0. The fourth-order valence-electron chi connectivity index (χ4n) is 3.74. The molecule has 0 spiro atoms. The van der Waals surface area contributed by atoms with Crippen LogP contribution in [0.1, 0.15) is 34.7 Å². The number of carbonyl (C=O) groups excluding carboxylic acids is 1. The first-order valence-corrected chi connectivity index (χ1v) is 9.62. The summed E-state index contributed by atoms with van der Waals surface area (Å²) in [5.74, 6) is 1.27. The number of aryl methyl sites for hydroxylation is 2. The summed E-state index contributed by atoms with van der Waals surface area (Å²) in [5.41, 5.74) is 3.36. The molecule has 144 valence electrons. The third-order valence-corrected chi connectivity index (χ3v) is 5.22. The van der Waals surface area contributed by atoms with Crippen molar-refractivity contribution in [3.8, 4) is 11.4 Å². The van der Waals surface area contributed by atoms with Crippen LogP contribution in [0.25, 0.3) is 11.4 Å². The first-order valence-electron chi connectivity index (χ1n) is 9.62. The van der Waals surface area contributed by atoms with Crippen molar-refractivity contribution in [1.82, 2.24) is 29.4 Å². The van der Waals surface area contributed by atoms with Crippen molar-refractivity contribution in [2.75, 3.05) is 13.1 Å². The van der Waals surface area contributed by atoms with E-state index in [0.29, 0.717) is 11.6 Å². The van der Waals surface area contributed by atoms with E-state index in [0.717, 1.165) is 55.3 Å². The molecule has 0 saturated carbocycles. The predicted molar refractivity (Wildman–Crippen MR) is 106 cm³/mol. The summed E-state index contributed by atoms with van der Waals surface area (Å²) in [6, 6.07) is 3.95. The summed E-state index contributed by atoms with van der Waals surface area (Å²) < 4.78 is 2.24. The maximum atomic E-state index is 12.8. The molecule has 4 heterocycles. The molecule has 3 aromatic heterocycles. The number of rotatable bonds is 4. The van der Waals surface area contributed by atoms with Crippen LogP contribution in [0.5, 0.6) is 0 Å². The Balaban J connectivity index is 1.50. The van der Waals surface area contributed by atoms with Gasteiger partial charge in [0, 0.05) is 55.7 Å². The molecular formula is C21H24N6O. The summed E-state index contributed by atoms with van der Waals surface area (Å²) in [6.07, 6.45) is 10.8. The van der Waals surface area contributed by atoms with E-state index in [2.05, 4.69) is 31.4 Å². The topological polar surface area (TPSA) is 76.8 Å². The highest BCUT2D eigenvalue weighted by atomic mass is 16.2. The third-order valence-electron chi connectivity index (χ3n) is 5.22. The van der Waals surface area contributed by atoms with Gasteiger partial charge >= 0.3 is 0 Å². The molecule has 1 aliphatic heterocycles. The SMILES string of the molecule is Cc1cnc(C(=O)N2CCCC(Cn3c(C)cnc3-c3cccnc3)C2)cn1. The fourth-order valence-corrected chi connectivity index (χ4v) is 3.74. The number of hydrogen-bond donors (Lipinski definition) is 0. The van der Waals surface area contributed by atoms with Crippen molar-refractivity contribution in [1.29, 1.82) is 0 Å². The monoisotopic (exact) mass is 376 g/mol. The Morgan fingerprint density at radius 1 is 1.14 bits per heavy atom. The quantitative estimate of drug-likeness (QED) is 0.700. The van der Waals surface area contributed by atoms with Crippen LogP contribution in [0, 0.1) is 19.8 Å². The van der Waals surface area contributed by atoms with Crippen LogP contribution in [0.15, 0.2) is 43.1 Å². The Labute approximate surface area is 164 Å². The van der Waals surface area contributed by atoms with Crippen LogP contribution in [-0.2, 0) is 6.54 Å². The molecule has 3 aromatic rings. The maximum absolute atomic E-state index is 12.8. The lowest BCUT2D eigenvalue weighted by atomic mass is 9.97. The van der Waals surface area contributed by atoms with Gasteiger partial charge in [-0.25, -0.2) is 9.97 Å². The second-order valence-electron chi connectivity index (χ2n) is 7.38. The highest BCUT2D eigenvalue weighted by Gasteiger charge is 2.26. The third kappa shape index (κ3) is 3.78. The molecule has 0 aromatic carbocycles. The van der Waals surface area contributed by atoms with E-state index in [9.17, 15) is 4.79 Å².